The quantitative estimate of drug-likeness (QED) is 0.754. The number of likely N-dealkylation sites (tertiary alicyclic amines) is 1. The molecule has 2 rings (SSSR count). The van der Waals surface area contributed by atoms with Crippen LogP contribution in [-0.4, -0.2) is 36.6 Å². The molecular formula is C16H32N2. The van der Waals surface area contributed by atoms with Gasteiger partial charge in [0.1, 0.15) is 0 Å². The van der Waals surface area contributed by atoms with Gasteiger partial charge in [0.15, 0.2) is 0 Å². The first kappa shape index (κ1) is 14.3. The fourth-order valence-electron chi connectivity index (χ4n) is 3.69. The average molecular weight is 252 g/mol. The molecule has 0 aromatic heterocycles. The summed E-state index contributed by atoms with van der Waals surface area (Å²) in [5.74, 6) is 0.776. The maximum absolute atomic E-state index is 3.67. The zero-order chi connectivity index (χ0) is 12.8. The molecule has 0 spiro atoms. The molecule has 1 aliphatic heterocycles. The number of hydrogen-bond donors (Lipinski definition) is 1. The van der Waals surface area contributed by atoms with Crippen LogP contribution in [0, 0.1) is 5.92 Å². The number of nitrogens with one attached hydrogen (secondary N) is 1. The average Bonchev–Trinajstić information content (AvgIpc) is 2.63. The molecule has 0 amide bonds. The molecule has 18 heavy (non-hydrogen) atoms. The second kappa shape index (κ2) is 7.49. The lowest BCUT2D eigenvalue weighted by atomic mass is 10.1. The van der Waals surface area contributed by atoms with E-state index in [0.29, 0.717) is 0 Å². The molecule has 106 valence electrons. The summed E-state index contributed by atoms with van der Waals surface area (Å²) in [6.07, 6.45) is 11.6. The molecule has 1 saturated heterocycles. The summed E-state index contributed by atoms with van der Waals surface area (Å²) in [6.45, 7) is 8.35. The fourth-order valence-corrected chi connectivity index (χ4v) is 3.69. The Balaban J connectivity index is 1.78. The molecule has 0 aromatic rings. The van der Waals surface area contributed by atoms with Crippen molar-refractivity contribution in [3.05, 3.63) is 0 Å². The zero-order valence-electron chi connectivity index (χ0n) is 12.5. The molecule has 1 saturated carbocycles. The van der Waals surface area contributed by atoms with Gasteiger partial charge in [-0.25, -0.2) is 0 Å². The van der Waals surface area contributed by atoms with Crippen molar-refractivity contribution in [1.29, 1.82) is 0 Å². The molecule has 1 atom stereocenters. The zero-order valence-corrected chi connectivity index (χ0v) is 12.5. The Morgan fingerprint density at radius 3 is 2.39 bits per heavy atom. The molecule has 1 N–H and O–H groups in total. The molecule has 1 unspecified atom stereocenters. The van der Waals surface area contributed by atoms with Crippen molar-refractivity contribution < 1.29 is 0 Å². The molecule has 2 heteroatoms. The minimum absolute atomic E-state index is 0.776. The molecule has 1 heterocycles. The van der Waals surface area contributed by atoms with Crippen LogP contribution >= 0.6 is 0 Å². The van der Waals surface area contributed by atoms with E-state index in [1.165, 1.54) is 71.0 Å². The first-order valence-corrected chi connectivity index (χ1v) is 8.24. The highest BCUT2D eigenvalue weighted by Gasteiger charge is 2.30. The van der Waals surface area contributed by atoms with Crippen LogP contribution in [0.15, 0.2) is 0 Å². The molecular weight excluding hydrogens is 220 g/mol. The second-order valence-electron chi connectivity index (χ2n) is 6.73. The van der Waals surface area contributed by atoms with Gasteiger partial charge in [0, 0.05) is 18.6 Å². The maximum atomic E-state index is 3.67. The maximum Gasteiger partial charge on any atom is 0.0224 e. The van der Waals surface area contributed by atoms with Gasteiger partial charge >= 0.3 is 0 Å². The Morgan fingerprint density at radius 2 is 1.72 bits per heavy atom. The molecule has 2 fully saturated rings. The SMILES string of the molecule is CC(C)CNCC1CCCN1C1CCCCCC1. The number of hydrogen-bond acceptors (Lipinski definition) is 2. The third kappa shape index (κ3) is 4.24. The van der Waals surface area contributed by atoms with E-state index >= 15 is 0 Å². The van der Waals surface area contributed by atoms with E-state index in [1.54, 1.807) is 0 Å². The van der Waals surface area contributed by atoms with E-state index in [2.05, 4.69) is 24.1 Å². The summed E-state index contributed by atoms with van der Waals surface area (Å²) in [4.78, 5) is 2.85. The third-order valence-electron chi connectivity index (χ3n) is 4.65. The fraction of sp³-hybridized carbons (Fsp3) is 1.00. The molecule has 0 radical (unpaired) electrons. The van der Waals surface area contributed by atoms with Gasteiger partial charge in [-0.3, -0.25) is 4.90 Å². The van der Waals surface area contributed by atoms with Gasteiger partial charge < -0.3 is 5.32 Å². The van der Waals surface area contributed by atoms with Gasteiger partial charge in [0.25, 0.3) is 0 Å². The predicted molar refractivity (Wildman–Crippen MR) is 78.9 cm³/mol. The summed E-state index contributed by atoms with van der Waals surface area (Å²) < 4.78 is 0. The Morgan fingerprint density at radius 1 is 1.00 bits per heavy atom. The minimum atomic E-state index is 0.776. The highest BCUT2D eigenvalue weighted by atomic mass is 15.2. The van der Waals surface area contributed by atoms with E-state index in [0.717, 1.165) is 18.0 Å². The van der Waals surface area contributed by atoms with Crippen LogP contribution in [0.1, 0.15) is 65.2 Å². The largest absolute Gasteiger partial charge is 0.315 e. The molecule has 2 aliphatic rings. The smallest absolute Gasteiger partial charge is 0.0224 e. The Labute approximate surface area is 114 Å². The van der Waals surface area contributed by atoms with Crippen LogP contribution in [-0.2, 0) is 0 Å². The number of rotatable bonds is 5. The minimum Gasteiger partial charge on any atom is -0.315 e. The van der Waals surface area contributed by atoms with E-state index in [1.807, 2.05) is 0 Å². The Kier molecular flexibility index (Phi) is 5.97. The van der Waals surface area contributed by atoms with Gasteiger partial charge in [-0.1, -0.05) is 39.5 Å². The van der Waals surface area contributed by atoms with Crippen LogP contribution in [0.2, 0.25) is 0 Å². The van der Waals surface area contributed by atoms with Gasteiger partial charge in [-0.2, -0.15) is 0 Å². The standard InChI is InChI=1S/C16H32N2/c1-14(2)12-17-13-16-10-7-11-18(16)15-8-5-3-4-6-9-15/h14-17H,3-13H2,1-2H3. The van der Waals surface area contributed by atoms with Crippen LogP contribution < -0.4 is 5.32 Å². The lowest BCUT2D eigenvalue weighted by Crippen LogP contribution is -2.44. The van der Waals surface area contributed by atoms with Crippen molar-refractivity contribution in [3.63, 3.8) is 0 Å². The van der Waals surface area contributed by atoms with Crippen LogP contribution in [0.3, 0.4) is 0 Å². The Bertz CT molecular complexity index is 219. The van der Waals surface area contributed by atoms with E-state index in [-0.39, 0.29) is 0 Å². The lowest BCUT2D eigenvalue weighted by Gasteiger charge is -2.33. The summed E-state index contributed by atoms with van der Waals surface area (Å²) in [6, 6.07) is 1.73. The van der Waals surface area contributed by atoms with Gasteiger partial charge in [-0.15, -0.1) is 0 Å². The van der Waals surface area contributed by atoms with E-state index in [9.17, 15) is 0 Å². The Hall–Kier alpha value is -0.0800. The molecule has 2 nitrogen and oxygen atoms in total. The highest BCUT2D eigenvalue weighted by molar-refractivity contribution is 4.87. The monoisotopic (exact) mass is 252 g/mol. The van der Waals surface area contributed by atoms with Gasteiger partial charge in [0.05, 0.1) is 0 Å². The van der Waals surface area contributed by atoms with Crippen molar-refractivity contribution in [3.8, 4) is 0 Å². The summed E-state index contributed by atoms with van der Waals surface area (Å²) in [5, 5.41) is 3.67. The first-order chi connectivity index (χ1) is 8.77. The first-order valence-electron chi connectivity index (χ1n) is 8.24. The predicted octanol–water partition coefficient (Wildman–Crippen LogP) is 3.42. The third-order valence-corrected chi connectivity index (χ3v) is 4.65. The number of nitrogens with zero attached hydrogens (tertiary/aromatic N) is 1. The molecule has 1 aliphatic carbocycles. The highest BCUT2D eigenvalue weighted by Crippen LogP contribution is 2.28. The molecule has 0 bridgehead atoms. The van der Waals surface area contributed by atoms with Crippen LogP contribution in [0.5, 0.6) is 0 Å². The van der Waals surface area contributed by atoms with Crippen LogP contribution in [0.4, 0.5) is 0 Å². The van der Waals surface area contributed by atoms with E-state index in [4.69, 9.17) is 0 Å². The van der Waals surface area contributed by atoms with Crippen LogP contribution in [0.25, 0.3) is 0 Å². The van der Waals surface area contributed by atoms with Crippen molar-refractivity contribution in [1.82, 2.24) is 10.2 Å². The van der Waals surface area contributed by atoms with Gasteiger partial charge in [-0.05, 0) is 44.7 Å². The second-order valence-corrected chi connectivity index (χ2v) is 6.73. The van der Waals surface area contributed by atoms with Crippen molar-refractivity contribution in [2.24, 2.45) is 5.92 Å². The van der Waals surface area contributed by atoms with Crippen molar-refractivity contribution in [2.75, 3.05) is 19.6 Å². The normalized spacial score (nSPS) is 27.8. The molecule has 0 aromatic carbocycles. The topological polar surface area (TPSA) is 15.3 Å². The summed E-state index contributed by atoms with van der Waals surface area (Å²) in [7, 11) is 0. The lowest BCUT2D eigenvalue weighted by molar-refractivity contribution is 0.160. The van der Waals surface area contributed by atoms with Crippen molar-refractivity contribution >= 4 is 0 Å². The van der Waals surface area contributed by atoms with E-state index < -0.39 is 0 Å². The van der Waals surface area contributed by atoms with Gasteiger partial charge in [0.2, 0.25) is 0 Å². The summed E-state index contributed by atoms with van der Waals surface area (Å²) in [5.41, 5.74) is 0. The van der Waals surface area contributed by atoms with Crippen molar-refractivity contribution in [2.45, 2.75) is 77.3 Å². The summed E-state index contributed by atoms with van der Waals surface area (Å²) >= 11 is 0.